The minimum Gasteiger partial charge on any atom is -0.497 e. The van der Waals surface area contributed by atoms with Gasteiger partial charge in [-0.2, -0.15) is 0 Å². The molecule has 1 aliphatic carbocycles. The third kappa shape index (κ3) is 1.47. The Kier molecular flexibility index (Phi) is 2.42. The maximum atomic E-state index is 5.97. The molecule has 2 aromatic rings. The van der Waals surface area contributed by atoms with Crippen molar-refractivity contribution in [1.82, 2.24) is 4.57 Å². The SMILES string of the molecule is COc1cc(C)c2c(c1)c(C1(CN)CC1)cn2C. The van der Waals surface area contributed by atoms with Gasteiger partial charge in [-0.1, -0.05) is 0 Å². The number of ether oxygens (including phenoxy) is 1. The van der Waals surface area contributed by atoms with Gasteiger partial charge < -0.3 is 15.0 Å². The molecule has 0 aliphatic heterocycles. The van der Waals surface area contributed by atoms with Crippen molar-refractivity contribution in [3.8, 4) is 5.75 Å². The van der Waals surface area contributed by atoms with Crippen molar-refractivity contribution in [1.29, 1.82) is 0 Å². The van der Waals surface area contributed by atoms with Gasteiger partial charge in [-0.15, -0.1) is 0 Å². The minimum atomic E-state index is 0.221. The highest BCUT2D eigenvalue weighted by atomic mass is 16.5. The first-order valence-electron chi connectivity index (χ1n) is 6.45. The maximum Gasteiger partial charge on any atom is 0.119 e. The predicted molar refractivity (Wildman–Crippen MR) is 74.2 cm³/mol. The van der Waals surface area contributed by atoms with Gasteiger partial charge in [-0.25, -0.2) is 0 Å². The van der Waals surface area contributed by atoms with Crippen LogP contribution < -0.4 is 10.5 Å². The summed E-state index contributed by atoms with van der Waals surface area (Å²) in [4.78, 5) is 0. The number of hydrogen-bond acceptors (Lipinski definition) is 2. The molecule has 3 rings (SSSR count). The smallest absolute Gasteiger partial charge is 0.119 e. The van der Waals surface area contributed by atoms with Crippen LogP contribution in [-0.4, -0.2) is 18.2 Å². The summed E-state index contributed by atoms with van der Waals surface area (Å²) in [5.41, 5.74) is 10.1. The van der Waals surface area contributed by atoms with Gasteiger partial charge in [0, 0.05) is 30.6 Å². The summed E-state index contributed by atoms with van der Waals surface area (Å²) in [6.45, 7) is 2.87. The molecule has 3 heteroatoms. The number of benzene rings is 1. The van der Waals surface area contributed by atoms with Crippen LogP contribution in [0.1, 0.15) is 24.0 Å². The molecule has 1 heterocycles. The number of aryl methyl sites for hydroxylation is 2. The zero-order valence-electron chi connectivity index (χ0n) is 11.3. The first-order valence-corrected chi connectivity index (χ1v) is 6.45. The number of methoxy groups -OCH3 is 1. The quantitative estimate of drug-likeness (QED) is 0.901. The van der Waals surface area contributed by atoms with Crippen LogP contribution in [0.15, 0.2) is 18.3 Å². The van der Waals surface area contributed by atoms with Crippen LogP contribution in [0.2, 0.25) is 0 Å². The molecule has 2 N–H and O–H groups in total. The molecule has 0 radical (unpaired) electrons. The molecule has 0 saturated heterocycles. The zero-order valence-corrected chi connectivity index (χ0v) is 11.3. The summed E-state index contributed by atoms with van der Waals surface area (Å²) in [5.74, 6) is 0.931. The lowest BCUT2D eigenvalue weighted by Gasteiger charge is -2.12. The minimum absolute atomic E-state index is 0.221. The van der Waals surface area contributed by atoms with Gasteiger partial charge in [-0.3, -0.25) is 0 Å². The fourth-order valence-electron chi connectivity index (χ4n) is 3.02. The molecular weight excluding hydrogens is 224 g/mol. The molecule has 0 spiro atoms. The Morgan fingerprint density at radius 2 is 2.11 bits per heavy atom. The molecule has 0 unspecified atom stereocenters. The Morgan fingerprint density at radius 3 is 2.67 bits per heavy atom. The van der Waals surface area contributed by atoms with E-state index >= 15 is 0 Å². The molecule has 96 valence electrons. The Balaban J connectivity index is 2.30. The van der Waals surface area contributed by atoms with Gasteiger partial charge in [0.25, 0.3) is 0 Å². The average Bonchev–Trinajstić information content (AvgIpc) is 3.09. The van der Waals surface area contributed by atoms with Crippen molar-refractivity contribution >= 4 is 10.9 Å². The third-order valence-corrected chi connectivity index (χ3v) is 4.29. The van der Waals surface area contributed by atoms with E-state index in [1.54, 1.807) is 7.11 Å². The highest BCUT2D eigenvalue weighted by Gasteiger charge is 2.44. The van der Waals surface area contributed by atoms with Crippen molar-refractivity contribution in [3.63, 3.8) is 0 Å². The zero-order chi connectivity index (χ0) is 12.9. The van der Waals surface area contributed by atoms with Crippen LogP contribution in [0.25, 0.3) is 10.9 Å². The molecule has 1 fully saturated rings. The standard InChI is InChI=1S/C15H20N2O/c1-10-6-11(18-3)7-12-13(8-17(2)14(10)12)15(9-16)4-5-15/h6-8H,4-5,9,16H2,1-3H3. The fraction of sp³-hybridized carbons (Fsp3) is 0.467. The van der Waals surface area contributed by atoms with Crippen LogP contribution in [0.3, 0.4) is 0 Å². The van der Waals surface area contributed by atoms with E-state index < -0.39 is 0 Å². The Hall–Kier alpha value is -1.48. The monoisotopic (exact) mass is 244 g/mol. The van der Waals surface area contributed by atoms with E-state index in [9.17, 15) is 0 Å². The van der Waals surface area contributed by atoms with Crippen molar-refractivity contribution in [2.75, 3.05) is 13.7 Å². The molecule has 3 nitrogen and oxygen atoms in total. The summed E-state index contributed by atoms with van der Waals surface area (Å²) in [5, 5.41) is 1.30. The van der Waals surface area contributed by atoms with E-state index in [1.807, 2.05) is 0 Å². The fourth-order valence-corrected chi connectivity index (χ4v) is 3.02. The highest BCUT2D eigenvalue weighted by Crippen LogP contribution is 2.50. The lowest BCUT2D eigenvalue weighted by atomic mass is 9.95. The first-order chi connectivity index (χ1) is 8.61. The second kappa shape index (κ2) is 3.75. The number of rotatable bonds is 3. The van der Waals surface area contributed by atoms with Gasteiger partial charge in [0.2, 0.25) is 0 Å². The molecular formula is C15H20N2O. The van der Waals surface area contributed by atoms with Gasteiger partial charge in [0.15, 0.2) is 0 Å². The van der Waals surface area contributed by atoms with Crippen LogP contribution >= 0.6 is 0 Å². The lowest BCUT2D eigenvalue weighted by molar-refractivity contribution is 0.415. The van der Waals surface area contributed by atoms with Crippen molar-refractivity contribution < 1.29 is 4.74 Å². The van der Waals surface area contributed by atoms with Gasteiger partial charge >= 0.3 is 0 Å². The van der Waals surface area contributed by atoms with E-state index in [0.29, 0.717) is 0 Å². The third-order valence-electron chi connectivity index (χ3n) is 4.29. The normalized spacial score (nSPS) is 17.1. The molecule has 0 bridgehead atoms. The maximum absolute atomic E-state index is 5.97. The van der Waals surface area contributed by atoms with Gasteiger partial charge in [-0.05, 0) is 43.0 Å². The Morgan fingerprint density at radius 1 is 1.39 bits per heavy atom. The van der Waals surface area contributed by atoms with Crippen molar-refractivity contribution in [2.45, 2.75) is 25.2 Å². The number of nitrogens with zero attached hydrogens (tertiary/aromatic N) is 1. The van der Waals surface area contributed by atoms with E-state index in [-0.39, 0.29) is 5.41 Å². The van der Waals surface area contributed by atoms with Crippen LogP contribution in [0.4, 0.5) is 0 Å². The summed E-state index contributed by atoms with van der Waals surface area (Å²) >= 11 is 0. The molecule has 0 amide bonds. The van der Waals surface area contributed by atoms with Gasteiger partial charge in [0.05, 0.1) is 12.6 Å². The Bertz CT molecular complexity index is 608. The molecule has 1 aromatic carbocycles. The topological polar surface area (TPSA) is 40.2 Å². The van der Waals surface area contributed by atoms with Crippen LogP contribution in [0, 0.1) is 6.92 Å². The Labute approximate surface area is 108 Å². The van der Waals surface area contributed by atoms with Crippen molar-refractivity contribution in [3.05, 3.63) is 29.5 Å². The number of fused-ring (bicyclic) bond motifs is 1. The second-order valence-corrected chi connectivity index (χ2v) is 5.48. The van der Waals surface area contributed by atoms with Crippen LogP contribution in [-0.2, 0) is 12.5 Å². The molecule has 0 atom stereocenters. The lowest BCUT2D eigenvalue weighted by Crippen LogP contribution is -2.19. The summed E-state index contributed by atoms with van der Waals surface area (Å²) in [6, 6.07) is 4.24. The molecule has 1 aliphatic rings. The van der Waals surface area contributed by atoms with Crippen LogP contribution in [0.5, 0.6) is 5.75 Å². The number of nitrogens with two attached hydrogens (primary N) is 1. The summed E-state index contributed by atoms with van der Waals surface area (Å²) in [7, 11) is 3.83. The predicted octanol–water partition coefficient (Wildman–Crippen LogP) is 2.49. The van der Waals surface area contributed by atoms with Crippen molar-refractivity contribution in [2.24, 2.45) is 12.8 Å². The average molecular weight is 244 g/mol. The summed E-state index contributed by atoms with van der Waals surface area (Å²) in [6.07, 6.45) is 4.66. The van der Waals surface area contributed by atoms with E-state index in [4.69, 9.17) is 10.5 Å². The number of aromatic nitrogens is 1. The number of hydrogen-bond donors (Lipinski definition) is 1. The van der Waals surface area contributed by atoms with Gasteiger partial charge in [0.1, 0.15) is 5.75 Å². The van der Waals surface area contributed by atoms with E-state index in [2.05, 4.69) is 36.9 Å². The summed E-state index contributed by atoms with van der Waals surface area (Å²) < 4.78 is 7.61. The molecule has 18 heavy (non-hydrogen) atoms. The van der Waals surface area contributed by atoms with E-state index in [1.165, 1.54) is 34.9 Å². The molecule has 1 saturated carbocycles. The van der Waals surface area contributed by atoms with E-state index in [0.717, 1.165) is 12.3 Å². The molecule has 1 aromatic heterocycles. The first kappa shape index (κ1) is 11.6. The second-order valence-electron chi connectivity index (χ2n) is 5.48. The highest BCUT2D eigenvalue weighted by molar-refractivity contribution is 5.89. The largest absolute Gasteiger partial charge is 0.497 e.